The Kier molecular flexibility index (Phi) is 5.21. The molecule has 0 saturated carbocycles. The molecule has 0 radical (unpaired) electrons. The zero-order valence-corrected chi connectivity index (χ0v) is 12.2. The van der Waals surface area contributed by atoms with Crippen molar-refractivity contribution in [3.05, 3.63) is 23.2 Å². The molecule has 0 heterocycles. The number of amides is 2. The number of ether oxygens (including phenoxy) is 1. The monoisotopic (exact) mass is 300 g/mol. The van der Waals surface area contributed by atoms with Crippen LogP contribution < -0.4 is 15.4 Å². The first-order valence-corrected chi connectivity index (χ1v) is 6.26. The molecule has 0 saturated heterocycles. The molecule has 0 aliphatic rings. The summed E-state index contributed by atoms with van der Waals surface area (Å²) >= 11 is 5.96. The van der Waals surface area contributed by atoms with E-state index in [0.29, 0.717) is 16.5 Å². The molecule has 0 aromatic heterocycles. The molecule has 0 fully saturated rings. The first kappa shape index (κ1) is 16.1. The van der Waals surface area contributed by atoms with Crippen LogP contribution in [0.1, 0.15) is 20.3 Å². The standard InChI is InChI=1S/C13H17ClN2O4/c1-13(2,7-11(17)18)16-12(19)15-10-6-8(20-3)4-5-9(10)14/h4-6H,7H2,1-3H3,(H,17,18)(H2,15,16,19). The zero-order valence-electron chi connectivity index (χ0n) is 11.5. The number of methoxy groups -OCH3 is 1. The van der Waals surface area contributed by atoms with Gasteiger partial charge in [-0.3, -0.25) is 4.79 Å². The van der Waals surface area contributed by atoms with E-state index in [9.17, 15) is 9.59 Å². The summed E-state index contributed by atoms with van der Waals surface area (Å²) < 4.78 is 5.04. The smallest absolute Gasteiger partial charge is 0.319 e. The Labute approximate surface area is 122 Å². The summed E-state index contributed by atoms with van der Waals surface area (Å²) in [6.07, 6.45) is -0.188. The number of aliphatic carboxylic acids is 1. The highest BCUT2D eigenvalue weighted by molar-refractivity contribution is 6.33. The number of urea groups is 1. The molecule has 1 aromatic rings. The number of carbonyl (C=O) groups is 2. The fraction of sp³-hybridized carbons (Fsp3) is 0.385. The second kappa shape index (κ2) is 6.47. The molecule has 0 spiro atoms. The number of rotatable bonds is 5. The van der Waals surface area contributed by atoms with E-state index in [1.54, 1.807) is 32.0 Å². The van der Waals surface area contributed by atoms with Crippen molar-refractivity contribution >= 4 is 29.3 Å². The van der Waals surface area contributed by atoms with Crippen LogP contribution in [-0.2, 0) is 4.79 Å². The van der Waals surface area contributed by atoms with Gasteiger partial charge in [0.2, 0.25) is 0 Å². The predicted molar refractivity (Wildman–Crippen MR) is 76.5 cm³/mol. The molecule has 0 atom stereocenters. The Morgan fingerprint density at radius 2 is 2.05 bits per heavy atom. The van der Waals surface area contributed by atoms with Crippen molar-refractivity contribution in [2.24, 2.45) is 0 Å². The Bertz CT molecular complexity index is 517. The number of carboxylic acids is 1. The average molecular weight is 301 g/mol. The van der Waals surface area contributed by atoms with Crippen LogP contribution in [-0.4, -0.2) is 29.8 Å². The van der Waals surface area contributed by atoms with E-state index in [0.717, 1.165) is 0 Å². The average Bonchev–Trinajstić information content (AvgIpc) is 2.29. The lowest BCUT2D eigenvalue weighted by molar-refractivity contribution is -0.138. The van der Waals surface area contributed by atoms with Crippen molar-refractivity contribution in [1.82, 2.24) is 5.32 Å². The van der Waals surface area contributed by atoms with Gasteiger partial charge < -0.3 is 20.5 Å². The lowest BCUT2D eigenvalue weighted by Gasteiger charge is -2.24. The number of halogens is 1. The van der Waals surface area contributed by atoms with Gasteiger partial charge in [0.25, 0.3) is 0 Å². The van der Waals surface area contributed by atoms with E-state index in [2.05, 4.69) is 10.6 Å². The highest BCUT2D eigenvalue weighted by Gasteiger charge is 2.24. The molecule has 2 amide bonds. The largest absolute Gasteiger partial charge is 0.497 e. The molecule has 0 bridgehead atoms. The first-order chi connectivity index (χ1) is 9.23. The van der Waals surface area contributed by atoms with Gasteiger partial charge in [-0.15, -0.1) is 0 Å². The number of hydrogen-bond acceptors (Lipinski definition) is 3. The Morgan fingerprint density at radius 3 is 2.60 bits per heavy atom. The second-order valence-corrected chi connectivity index (χ2v) is 5.29. The number of nitrogens with one attached hydrogen (secondary N) is 2. The maximum atomic E-state index is 11.8. The summed E-state index contributed by atoms with van der Waals surface area (Å²) in [6.45, 7) is 3.24. The quantitative estimate of drug-likeness (QED) is 0.780. The summed E-state index contributed by atoms with van der Waals surface area (Å²) in [6, 6.07) is 4.30. The molecule has 1 rings (SSSR count). The summed E-state index contributed by atoms with van der Waals surface area (Å²) in [7, 11) is 1.50. The number of anilines is 1. The molecule has 0 aliphatic carbocycles. The minimum atomic E-state index is -0.991. The first-order valence-electron chi connectivity index (χ1n) is 5.88. The van der Waals surface area contributed by atoms with E-state index < -0.39 is 17.5 Å². The van der Waals surface area contributed by atoms with Crippen molar-refractivity contribution in [2.45, 2.75) is 25.8 Å². The molecule has 7 heteroatoms. The fourth-order valence-corrected chi connectivity index (χ4v) is 1.78. The van der Waals surface area contributed by atoms with E-state index in [-0.39, 0.29) is 6.42 Å². The summed E-state index contributed by atoms with van der Waals surface area (Å²) in [5.41, 5.74) is -0.490. The predicted octanol–water partition coefficient (Wildman–Crippen LogP) is 2.72. The zero-order chi connectivity index (χ0) is 15.3. The van der Waals surface area contributed by atoms with Crippen LogP contribution in [0, 0.1) is 0 Å². The van der Waals surface area contributed by atoms with Crippen molar-refractivity contribution < 1.29 is 19.4 Å². The Balaban J connectivity index is 2.73. The molecular formula is C13H17ClN2O4. The van der Waals surface area contributed by atoms with Crippen LogP contribution in [0.3, 0.4) is 0 Å². The van der Waals surface area contributed by atoms with Crippen LogP contribution in [0.2, 0.25) is 5.02 Å². The molecule has 0 aliphatic heterocycles. The van der Waals surface area contributed by atoms with Crippen molar-refractivity contribution in [3.8, 4) is 5.75 Å². The highest BCUT2D eigenvalue weighted by Crippen LogP contribution is 2.26. The topological polar surface area (TPSA) is 87.7 Å². The van der Waals surface area contributed by atoms with Gasteiger partial charge in [-0.05, 0) is 26.0 Å². The van der Waals surface area contributed by atoms with Gasteiger partial charge in [0.05, 0.1) is 24.2 Å². The number of benzene rings is 1. The molecule has 1 aromatic carbocycles. The van der Waals surface area contributed by atoms with Crippen molar-refractivity contribution in [3.63, 3.8) is 0 Å². The maximum absolute atomic E-state index is 11.8. The number of carboxylic acid groups (broad SMARTS) is 1. The highest BCUT2D eigenvalue weighted by atomic mass is 35.5. The molecule has 110 valence electrons. The van der Waals surface area contributed by atoms with Crippen LogP contribution in [0.5, 0.6) is 5.75 Å². The minimum absolute atomic E-state index is 0.188. The molecule has 3 N–H and O–H groups in total. The van der Waals surface area contributed by atoms with Gasteiger partial charge in [-0.2, -0.15) is 0 Å². The molecular weight excluding hydrogens is 284 g/mol. The van der Waals surface area contributed by atoms with Gasteiger partial charge in [-0.25, -0.2) is 4.79 Å². The van der Waals surface area contributed by atoms with Gasteiger partial charge in [-0.1, -0.05) is 11.6 Å². The van der Waals surface area contributed by atoms with E-state index >= 15 is 0 Å². The third-order valence-corrected chi connectivity index (χ3v) is 2.80. The molecule has 6 nitrogen and oxygen atoms in total. The van der Waals surface area contributed by atoms with E-state index in [1.807, 2.05) is 0 Å². The summed E-state index contributed by atoms with van der Waals surface area (Å²) in [5.74, 6) is -0.441. The maximum Gasteiger partial charge on any atom is 0.319 e. The van der Waals surface area contributed by atoms with Crippen LogP contribution in [0.4, 0.5) is 10.5 Å². The fourth-order valence-electron chi connectivity index (χ4n) is 1.61. The van der Waals surface area contributed by atoms with Crippen LogP contribution in [0.15, 0.2) is 18.2 Å². The third-order valence-electron chi connectivity index (χ3n) is 2.47. The van der Waals surface area contributed by atoms with E-state index in [4.69, 9.17) is 21.4 Å². The third kappa shape index (κ3) is 4.97. The van der Waals surface area contributed by atoms with Crippen LogP contribution in [0.25, 0.3) is 0 Å². The van der Waals surface area contributed by atoms with E-state index in [1.165, 1.54) is 7.11 Å². The molecule has 20 heavy (non-hydrogen) atoms. The lowest BCUT2D eigenvalue weighted by Crippen LogP contribution is -2.46. The van der Waals surface area contributed by atoms with Gasteiger partial charge in [0.15, 0.2) is 0 Å². The van der Waals surface area contributed by atoms with Gasteiger partial charge in [0.1, 0.15) is 5.75 Å². The van der Waals surface area contributed by atoms with Gasteiger partial charge >= 0.3 is 12.0 Å². The minimum Gasteiger partial charge on any atom is -0.497 e. The second-order valence-electron chi connectivity index (χ2n) is 4.88. The van der Waals surface area contributed by atoms with Crippen molar-refractivity contribution in [1.29, 1.82) is 0 Å². The lowest BCUT2D eigenvalue weighted by atomic mass is 10.0. The Morgan fingerprint density at radius 1 is 1.40 bits per heavy atom. The summed E-state index contributed by atoms with van der Waals surface area (Å²) in [5, 5.41) is 14.2. The number of carbonyl (C=O) groups excluding carboxylic acids is 1. The van der Waals surface area contributed by atoms with Gasteiger partial charge in [0, 0.05) is 11.6 Å². The van der Waals surface area contributed by atoms with Crippen molar-refractivity contribution in [2.75, 3.05) is 12.4 Å². The SMILES string of the molecule is COc1ccc(Cl)c(NC(=O)NC(C)(C)CC(=O)O)c1. The molecule has 0 unspecified atom stereocenters. The normalized spacial score (nSPS) is 10.8. The summed E-state index contributed by atoms with van der Waals surface area (Å²) in [4.78, 5) is 22.5. The Hall–Kier alpha value is -1.95. The number of hydrogen-bond donors (Lipinski definition) is 3. The van der Waals surface area contributed by atoms with Crippen LogP contribution >= 0.6 is 11.6 Å².